The van der Waals surface area contributed by atoms with Gasteiger partial charge in [0.1, 0.15) is 0 Å². The van der Waals surface area contributed by atoms with Gasteiger partial charge in [-0.2, -0.15) is 13.2 Å². The minimum absolute atomic E-state index is 0.185. The molecular weight excluding hydrogens is 200 g/mol. The average Bonchev–Trinajstić information content (AvgIpc) is 2.01. The van der Waals surface area contributed by atoms with Crippen molar-refractivity contribution in [3.63, 3.8) is 0 Å². The minimum atomic E-state index is -4.64. The van der Waals surface area contributed by atoms with Crippen LogP contribution in [0.2, 0.25) is 0 Å². The van der Waals surface area contributed by atoms with Crippen LogP contribution in [0.15, 0.2) is 12.3 Å². The zero-order chi connectivity index (χ0) is 10.9. The molecule has 1 rings (SSSR count). The Kier molecular flexibility index (Phi) is 2.67. The summed E-state index contributed by atoms with van der Waals surface area (Å²) < 4.78 is 36.3. The largest absolute Gasteiger partial charge is 0.490 e. The van der Waals surface area contributed by atoms with Gasteiger partial charge in [0, 0.05) is 11.7 Å². The Hall–Kier alpha value is -1.28. The fourth-order valence-electron chi connectivity index (χ4n) is 0.877. The summed E-state index contributed by atoms with van der Waals surface area (Å²) in [5.41, 5.74) is 2.99. The SMILES string of the molecule is Nc1cc(B(O)O)cnc1C(F)(F)F. The highest BCUT2D eigenvalue weighted by molar-refractivity contribution is 6.58. The van der Waals surface area contributed by atoms with Crippen molar-refractivity contribution in [2.45, 2.75) is 6.18 Å². The summed E-state index contributed by atoms with van der Waals surface area (Å²) in [6.45, 7) is 0. The second kappa shape index (κ2) is 3.47. The molecule has 1 aromatic rings. The molecule has 0 fully saturated rings. The molecular formula is C6H6BF3N2O2. The number of nitrogens with zero attached hydrogens (tertiary/aromatic N) is 1. The van der Waals surface area contributed by atoms with Crippen LogP contribution >= 0.6 is 0 Å². The molecule has 0 amide bonds. The van der Waals surface area contributed by atoms with Crippen LogP contribution in [0.1, 0.15) is 5.69 Å². The molecule has 1 aromatic heterocycles. The number of rotatable bonds is 1. The molecule has 0 unspecified atom stereocenters. The molecule has 76 valence electrons. The average molecular weight is 206 g/mol. The van der Waals surface area contributed by atoms with Gasteiger partial charge in [0.25, 0.3) is 0 Å². The second-order valence-corrected chi connectivity index (χ2v) is 2.58. The molecule has 0 aliphatic heterocycles. The van der Waals surface area contributed by atoms with E-state index in [-0.39, 0.29) is 5.46 Å². The first kappa shape index (κ1) is 10.8. The molecule has 0 radical (unpaired) electrons. The minimum Gasteiger partial charge on any atom is -0.423 e. The first-order chi connectivity index (χ1) is 6.32. The van der Waals surface area contributed by atoms with Crippen molar-refractivity contribution in [3.05, 3.63) is 18.0 Å². The first-order valence-corrected chi connectivity index (χ1v) is 3.51. The van der Waals surface area contributed by atoms with Crippen molar-refractivity contribution >= 4 is 18.3 Å². The van der Waals surface area contributed by atoms with E-state index >= 15 is 0 Å². The Morgan fingerprint density at radius 1 is 1.36 bits per heavy atom. The van der Waals surface area contributed by atoms with E-state index in [9.17, 15) is 13.2 Å². The first-order valence-electron chi connectivity index (χ1n) is 3.51. The Labute approximate surface area is 77.3 Å². The third-order valence-corrected chi connectivity index (χ3v) is 1.50. The number of nitrogens with two attached hydrogens (primary N) is 1. The lowest BCUT2D eigenvalue weighted by molar-refractivity contribution is -0.140. The van der Waals surface area contributed by atoms with Crippen LogP contribution in [0.25, 0.3) is 0 Å². The van der Waals surface area contributed by atoms with E-state index in [4.69, 9.17) is 15.8 Å². The van der Waals surface area contributed by atoms with Crippen molar-refractivity contribution < 1.29 is 23.2 Å². The molecule has 4 N–H and O–H groups in total. The van der Waals surface area contributed by atoms with Gasteiger partial charge >= 0.3 is 13.3 Å². The predicted octanol–water partition coefficient (Wildman–Crippen LogP) is -0.638. The van der Waals surface area contributed by atoms with E-state index in [0.29, 0.717) is 6.20 Å². The number of hydrogen-bond donors (Lipinski definition) is 3. The van der Waals surface area contributed by atoms with Gasteiger partial charge in [-0.25, -0.2) is 0 Å². The number of nitrogen functional groups attached to an aromatic ring is 1. The van der Waals surface area contributed by atoms with E-state index in [0.717, 1.165) is 6.07 Å². The van der Waals surface area contributed by atoms with Crippen molar-refractivity contribution in [2.75, 3.05) is 5.73 Å². The van der Waals surface area contributed by atoms with Gasteiger partial charge < -0.3 is 15.8 Å². The van der Waals surface area contributed by atoms with E-state index in [1.807, 2.05) is 0 Å². The Morgan fingerprint density at radius 3 is 2.29 bits per heavy atom. The van der Waals surface area contributed by atoms with Crippen LogP contribution in [0.4, 0.5) is 18.9 Å². The summed E-state index contributed by atoms with van der Waals surface area (Å²) in [4.78, 5) is 3.00. The van der Waals surface area contributed by atoms with Gasteiger partial charge in [0.2, 0.25) is 0 Å². The third-order valence-electron chi connectivity index (χ3n) is 1.50. The van der Waals surface area contributed by atoms with Gasteiger partial charge in [0.05, 0.1) is 5.69 Å². The molecule has 0 spiro atoms. The molecule has 0 aliphatic carbocycles. The van der Waals surface area contributed by atoms with E-state index < -0.39 is 24.7 Å². The molecule has 0 saturated heterocycles. The molecule has 0 saturated carbocycles. The smallest absolute Gasteiger partial charge is 0.423 e. The fraction of sp³-hybridized carbons (Fsp3) is 0.167. The van der Waals surface area contributed by atoms with Crippen molar-refractivity contribution in [1.82, 2.24) is 4.98 Å². The summed E-state index contributed by atoms with van der Waals surface area (Å²) >= 11 is 0. The van der Waals surface area contributed by atoms with E-state index in [2.05, 4.69) is 4.98 Å². The molecule has 1 heterocycles. The molecule has 0 aliphatic rings. The lowest BCUT2D eigenvalue weighted by atomic mass is 9.81. The number of hydrogen-bond acceptors (Lipinski definition) is 4. The molecule has 14 heavy (non-hydrogen) atoms. The zero-order valence-electron chi connectivity index (χ0n) is 6.78. The van der Waals surface area contributed by atoms with Crippen LogP contribution in [0.3, 0.4) is 0 Å². The maximum absolute atomic E-state index is 12.1. The summed E-state index contributed by atoms with van der Waals surface area (Å²) in [5.74, 6) is 0. The number of aromatic nitrogens is 1. The summed E-state index contributed by atoms with van der Waals surface area (Å²) in [7, 11) is -1.88. The molecule has 0 bridgehead atoms. The van der Waals surface area contributed by atoms with Crippen LogP contribution in [0, 0.1) is 0 Å². The number of anilines is 1. The fourth-order valence-corrected chi connectivity index (χ4v) is 0.877. The molecule has 0 atom stereocenters. The lowest BCUT2D eigenvalue weighted by Crippen LogP contribution is -2.31. The Balaban J connectivity index is 3.15. The van der Waals surface area contributed by atoms with E-state index in [1.54, 1.807) is 0 Å². The van der Waals surface area contributed by atoms with Gasteiger partial charge in [0.15, 0.2) is 5.69 Å². The van der Waals surface area contributed by atoms with Gasteiger partial charge in [-0.15, -0.1) is 0 Å². The normalized spacial score (nSPS) is 11.5. The number of pyridine rings is 1. The Morgan fingerprint density at radius 2 is 1.93 bits per heavy atom. The molecule has 4 nitrogen and oxygen atoms in total. The summed E-state index contributed by atoms with van der Waals surface area (Å²) in [5, 5.41) is 17.2. The maximum Gasteiger partial charge on any atom is 0.490 e. The third kappa shape index (κ3) is 2.15. The van der Waals surface area contributed by atoms with Crippen LogP contribution < -0.4 is 11.2 Å². The highest BCUT2D eigenvalue weighted by atomic mass is 19.4. The monoisotopic (exact) mass is 206 g/mol. The van der Waals surface area contributed by atoms with E-state index in [1.165, 1.54) is 0 Å². The Bertz CT molecular complexity index is 342. The quantitative estimate of drug-likeness (QED) is 0.534. The van der Waals surface area contributed by atoms with Crippen molar-refractivity contribution in [1.29, 1.82) is 0 Å². The van der Waals surface area contributed by atoms with Crippen LogP contribution in [0.5, 0.6) is 0 Å². The number of halogens is 3. The van der Waals surface area contributed by atoms with Gasteiger partial charge in [-0.1, -0.05) is 0 Å². The van der Waals surface area contributed by atoms with Crippen LogP contribution in [-0.4, -0.2) is 22.2 Å². The molecule has 8 heteroatoms. The highest BCUT2D eigenvalue weighted by Gasteiger charge is 2.35. The second-order valence-electron chi connectivity index (χ2n) is 2.58. The highest BCUT2D eigenvalue weighted by Crippen LogP contribution is 2.30. The topological polar surface area (TPSA) is 79.4 Å². The van der Waals surface area contributed by atoms with Crippen molar-refractivity contribution in [3.8, 4) is 0 Å². The number of alkyl halides is 3. The predicted molar refractivity (Wildman–Crippen MR) is 43.5 cm³/mol. The standard InChI is InChI=1S/C6H6BF3N2O2/c8-6(9,10)5-4(11)1-3(2-12-5)7(13)14/h1-2,13-14H,11H2. The zero-order valence-corrected chi connectivity index (χ0v) is 6.78. The summed E-state index contributed by atoms with van der Waals surface area (Å²) in [6.07, 6.45) is -3.92. The van der Waals surface area contributed by atoms with Crippen molar-refractivity contribution in [2.24, 2.45) is 0 Å². The maximum atomic E-state index is 12.1. The molecule has 0 aromatic carbocycles. The van der Waals surface area contributed by atoms with Gasteiger partial charge in [-0.05, 0) is 6.07 Å². The van der Waals surface area contributed by atoms with Crippen LogP contribution in [-0.2, 0) is 6.18 Å². The van der Waals surface area contributed by atoms with Gasteiger partial charge in [-0.3, -0.25) is 4.98 Å². The summed E-state index contributed by atoms with van der Waals surface area (Å²) in [6, 6.07) is 0.820. The lowest BCUT2D eigenvalue weighted by Gasteiger charge is -2.09.